The molecule has 2 aromatic carbocycles. The molecule has 3 aromatic rings. The summed E-state index contributed by atoms with van der Waals surface area (Å²) in [5.41, 5.74) is 0.503. The number of likely N-dealkylation sites (tertiary alicyclic amines) is 1. The highest BCUT2D eigenvalue weighted by atomic mass is 35.5. The maximum atomic E-state index is 13.9. The molecule has 1 aromatic heterocycles. The first-order chi connectivity index (χ1) is 17.7. The van der Waals surface area contributed by atoms with Crippen molar-refractivity contribution in [2.24, 2.45) is 5.41 Å². The summed E-state index contributed by atoms with van der Waals surface area (Å²) in [6.45, 7) is 1.48. The molecular weight excluding hydrogens is 518 g/mol. The van der Waals surface area contributed by atoms with Crippen LogP contribution in [-0.4, -0.2) is 52.8 Å². The number of hydrogen-bond donors (Lipinski definition) is 2. The van der Waals surface area contributed by atoms with E-state index in [4.69, 9.17) is 27.9 Å². The van der Waals surface area contributed by atoms with Crippen molar-refractivity contribution in [3.63, 3.8) is 0 Å². The molecule has 0 bridgehead atoms. The number of aliphatic carboxylic acids is 1. The van der Waals surface area contributed by atoms with E-state index in [0.717, 1.165) is 0 Å². The fraction of sp³-hybridized carbons (Fsp3) is 0.357. The predicted octanol–water partition coefficient (Wildman–Crippen LogP) is 5.72. The second kappa shape index (κ2) is 11.7. The van der Waals surface area contributed by atoms with Crippen molar-refractivity contribution in [3.05, 3.63) is 69.6 Å². The Hall–Kier alpha value is -2.89. The number of pyridine rings is 1. The van der Waals surface area contributed by atoms with Crippen molar-refractivity contribution in [3.8, 4) is 17.6 Å². The maximum absolute atomic E-state index is 13.9. The minimum atomic E-state index is -0.959. The summed E-state index contributed by atoms with van der Waals surface area (Å²) in [6.07, 6.45) is 1.91. The average Bonchev–Trinajstić information content (AvgIpc) is 2.88. The van der Waals surface area contributed by atoms with E-state index in [1.54, 1.807) is 31.4 Å². The number of methoxy groups -OCH3 is 1. The smallest absolute Gasteiger partial charge is 0.309 e. The number of halogens is 3. The summed E-state index contributed by atoms with van der Waals surface area (Å²) in [5.74, 6) is 5.05. The fourth-order valence-corrected chi connectivity index (χ4v) is 5.17. The van der Waals surface area contributed by atoms with Gasteiger partial charge in [0.05, 0.1) is 41.3 Å². The Morgan fingerprint density at radius 3 is 2.68 bits per heavy atom. The number of carboxylic acid groups (broad SMARTS) is 1. The van der Waals surface area contributed by atoms with Crippen LogP contribution in [0.1, 0.15) is 42.9 Å². The normalized spacial score (nSPS) is 16.1. The highest BCUT2D eigenvalue weighted by molar-refractivity contribution is 6.32. The predicted molar refractivity (Wildman–Crippen MR) is 142 cm³/mol. The van der Waals surface area contributed by atoms with Crippen LogP contribution in [0.3, 0.4) is 0 Å². The van der Waals surface area contributed by atoms with Crippen molar-refractivity contribution in [2.45, 2.75) is 31.8 Å². The molecule has 9 heteroatoms. The van der Waals surface area contributed by atoms with Crippen LogP contribution in [0.2, 0.25) is 10.0 Å². The molecule has 1 unspecified atom stereocenters. The molecule has 4 rings (SSSR count). The van der Waals surface area contributed by atoms with E-state index in [1.807, 2.05) is 0 Å². The van der Waals surface area contributed by atoms with Gasteiger partial charge < -0.3 is 14.9 Å². The quantitative estimate of drug-likeness (QED) is 0.370. The zero-order valence-electron chi connectivity index (χ0n) is 20.3. The molecule has 1 fully saturated rings. The standard InChI is InChI=1S/C28H27Cl2FN2O4/c1-37-20-6-7-24-21(16-20)26(22(30)17-32-24)25(34)8-9-28(27(35)36)10-13-33(14-11-28)12-2-3-18-4-5-19(29)15-23(18)31/h4-7,15-17,25,34H,8-14H2,1H3,(H,35,36). The van der Waals surface area contributed by atoms with E-state index in [1.165, 1.54) is 18.3 Å². The molecular formula is C28H27Cl2FN2O4. The zero-order valence-corrected chi connectivity index (χ0v) is 21.8. The summed E-state index contributed by atoms with van der Waals surface area (Å²) < 4.78 is 19.2. The van der Waals surface area contributed by atoms with Gasteiger partial charge in [-0.3, -0.25) is 14.7 Å². The first kappa shape index (κ1) is 27.2. The van der Waals surface area contributed by atoms with Crippen LogP contribution < -0.4 is 4.74 Å². The Kier molecular flexibility index (Phi) is 8.56. The molecule has 194 valence electrons. The van der Waals surface area contributed by atoms with Crippen molar-refractivity contribution in [2.75, 3.05) is 26.7 Å². The highest BCUT2D eigenvalue weighted by Gasteiger charge is 2.41. The van der Waals surface area contributed by atoms with Gasteiger partial charge in [-0.1, -0.05) is 35.0 Å². The number of piperidine rings is 1. The van der Waals surface area contributed by atoms with E-state index in [2.05, 4.69) is 21.7 Å². The van der Waals surface area contributed by atoms with E-state index in [9.17, 15) is 19.4 Å². The number of carbonyl (C=O) groups is 1. The van der Waals surface area contributed by atoms with Gasteiger partial charge in [0.1, 0.15) is 11.6 Å². The van der Waals surface area contributed by atoms with Crippen LogP contribution in [0.25, 0.3) is 10.9 Å². The summed E-state index contributed by atoms with van der Waals surface area (Å²) >= 11 is 12.2. The van der Waals surface area contributed by atoms with Gasteiger partial charge in [-0.25, -0.2) is 4.39 Å². The monoisotopic (exact) mass is 544 g/mol. The highest BCUT2D eigenvalue weighted by Crippen LogP contribution is 2.41. The van der Waals surface area contributed by atoms with E-state index in [-0.39, 0.29) is 12.0 Å². The molecule has 2 heterocycles. The van der Waals surface area contributed by atoms with Gasteiger partial charge >= 0.3 is 5.97 Å². The molecule has 0 radical (unpaired) electrons. The second-order valence-corrected chi connectivity index (χ2v) is 10.1. The fourth-order valence-electron chi connectivity index (χ4n) is 4.74. The number of fused-ring (bicyclic) bond motifs is 1. The van der Waals surface area contributed by atoms with Gasteiger partial charge in [-0.2, -0.15) is 0 Å². The van der Waals surface area contributed by atoms with Gasteiger partial charge in [-0.15, -0.1) is 0 Å². The van der Waals surface area contributed by atoms with E-state index < -0.39 is 23.3 Å². The number of nitrogens with zero attached hydrogens (tertiary/aromatic N) is 2. The van der Waals surface area contributed by atoms with Gasteiger partial charge in [0.2, 0.25) is 0 Å². The van der Waals surface area contributed by atoms with Crippen LogP contribution in [0.4, 0.5) is 4.39 Å². The summed E-state index contributed by atoms with van der Waals surface area (Å²) in [4.78, 5) is 18.7. The van der Waals surface area contributed by atoms with Gasteiger partial charge in [0.15, 0.2) is 0 Å². The van der Waals surface area contributed by atoms with Crippen molar-refractivity contribution in [1.82, 2.24) is 9.88 Å². The van der Waals surface area contributed by atoms with Crippen LogP contribution in [0.15, 0.2) is 42.6 Å². The van der Waals surface area contributed by atoms with Crippen molar-refractivity contribution < 1.29 is 24.1 Å². The number of aliphatic hydroxyl groups is 1. The Labute approximate surface area is 225 Å². The van der Waals surface area contributed by atoms with Crippen LogP contribution in [-0.2, 0) is 4.79 Å². The average molecular weight is 545 g/mol. The molecule has 1 saturated heterocycles. The lowest BCUT2D eigenvalue weighted by Crippen LogP contribution is -2.44. The lowest BCUT2D eigenvalue weighted by Gasteiger charge is -2.38. The molecule has 1 aliphatic rings. The summed E-state index contributed by atoms with van der Waals surface area (Å²) in [5, 5.41) is 22.5. The number of ether oxygens (including phenoxy) is 1. The third-order valence-corrected chi connectivity index (χ3v) is 7.56. The lowest BCUT2D eigenvalue weighted by molar-refractivity contribution is -0.153. The Morgan fingerprint density at radius 1 is 1.24 bits per heavy atom. The number of aromatic nitrogens is 1. The van der Waals surface area contributed by atoms with Crippen LogP contribution in [0, 0.1) is 23.1 Å². The molecule has 6 nitrogen and oxygen atoms in total. The SMILES string of the molecule is COc1ccc2ncc(Cl)c(C(O)CCC3(C(=O)O)CCN(CC#Cc4ccc(Cl)cc4F)CC3)c2c1. The minimum absolute atomic E-state index is 0.234. The minimum Gasteiger partial charge on any atom is -0.497 e. The maximum Gasteiger partial charge on any atom is 0.309 e. The molecule has 1 aliphatic heterocycles. The number of hydrogen-bond acceptors (Lipinski definition) is 5. The Morgan fingerprint density at radius 2 is 2.00 bits per heavy atom. The number of benzene rings is 2. The Balaban J connectivity index is 1.41. The first-order valence-electron chi connectivity index (χ1n) is 11.9. The van der Waals surface area contributed by atoms with Crippen molar-refractivity contribution in [1.29, 1.82) is 0 Å². The third-order valence-electron chi connectivity index (χ3n) is 7.02. The number of carboxylic acids is 1. The molecule has 2 N–H and O–H groups in total. The van der Waals surface area contributed by atoms with E-state index in [0.29, 0.717) is 71.2 Å². The third kappa shape index (κ3) is 6.16. The molecule has 37 heavy (non-hydrogen) atoms. The summed E-state index contributed by atoms with van der Waals surface area (Å²) in [6, 6.07) is 9.69. The van der Waals surface area contributed by atoms with Crippen LogP contribution >= 0.6 is 23.2 Å². The van der Waals surface area contributed by atoms with Crippen LogP contribution in [0.5, 0.6) is 5.75 Å². The largest absolute Gasteiger partial charge is 0.497 e. The summed E-state index contributed by atoms with van der Waals surface area (Å²) in [7, 11) is 1.56. The molecule has 0 saturated carbocycles. The first-order valence-corrected chi connectivity index (χ1v) is 12.7. The van der Waals surface area contributed by atoms with Gasteiger partial charge in [-0.05, 0) is 62.1 Å². The molecule has 1 atom stereocenters. The zero-order chi connectivity index (χ0) is 26.6. The number of aliphatic hydroxyl groups excluding tert-OH is 1. The van der Waals surface area contributed by atoms with Gasteiger partial charge in [0, 0.05) is 35.3 Å². The Bertz CT molecular complexity index is 1360. The van der Waals surface area contributed by atoms with E-state index >= 15 is 0 Å². The van der Waals surface area contributed by atoms with Crippen molar-refractivity contribution >= 4 is 40.1 Å². The second-order valence-electron chi connectivity index (χ2n) is 9.24. The molecule has 0 amide bonds. The number of rotatable bonds is 7. The lowest BCUT2D eigenvalue weighted by atomic mass is 9.74. The van der Waals surface area contributed by atoms with Gasteiger partial charge in [0.25, 0.3) is 0 Å². The molecule has 0 spiro atoms. The topological polar surface area (TPSA) is 82.9 Å². The molecule has 0 aliphatic carbocycles.